The van der Waals surface area contributed by atoms with Gasteiger partial charge in [0.05, 0.1) is 10.0 Å². The SMILES string of the molecule is O=C(O)c1cc(Cl)nc(Oc2ccc(F)c(Br)c2)c1. The molecule has 19 heavy (non-hydrogen) atoms. The van der Waals surface area contributed by atoms with Crippen LogP contribution in [-0.4, -0.2) is 16.1 Å². The number of hydrogen-bond donors (Lipinski definition) is 1. The molecule has 4 nitrogen and oxygen atoms in total. The molecule has 0 amide bonds. The molecule has 0 bridgehead atoms. The zero-order chi connectivity index (χ0) is 14.0. The van der Waals surface area contributed by atoms with Gasteiger partial charge >= 0.3 is 5.97 Å². The van der Waals surface area contributed by atoms with Gasteiger partial charge in [-0.05, 0) is 40.2 Å². The van der Waals surface area contributed by atoms with E-state index in [1.165, 1.54) is 30.3 Å². The molecule has 1 aromatic carbocycles. The Bertz CT molecular complexity index is 651. The molecule has 7 heteroatoms. The summed E-state index contributed by atoms with van der Waals surface area (Å²) >= 11 is 8.71. The second kappa shape index (κ2) is 5.54. The first-order chi connectivity index (χ1) is 8.95. The number of nitrogens with zero attached hydrogens (tertiary/aromatic N) is 1. The number of carboxylic acids is 1. The highest BCUT2D eigenvalue weighted by Gasteiger charge is 2.10. The number of rotatable bonds is 3. The third-order valence-electron chi connectivity index (χ3n) is 2.13. The quantitative estimate of drug-likeness (QED) is 0.849. The van der Waals surface area contributed by atoms with Crippen LogP contribution in [0.2, 0.25) is 5.15 Å². The Morgan fingerprint density at radius 3 is 2.74 bits per heavy atom. The lowest BCUT2D eigenvalue weighted by atomic mass is 10.3. The second-order valence-electron chi connectivity index (χ2n) is 3.50. The van der Waals surface area contributed by atoms with E-state index in [1.807, 2.05) is 0 Å². The maximum Gasteiger partial charge on any atom is 0.335 e. The van der Waals surface area contributed by atoms with Crippen molar-refractivity contribution in [3.63, 3.8) is 0 Å². The van der Waals surface area contributed by atoms with E-state index in [1.54, 1.807) is 0 Å². The van der Waals surface area contributed by atoms with Crippen LogP contribution in [0.3, 0.4) is 0 Å². The minimum absolute atomic E-state index is 0.00363. The molecule has 0 fully saturated rings. The number of aromatic nitrogens is 1. The lowest BCUT2D eigenvalue weighted by Crippen LogP contribution is -1.98. The Balaban J connectivity index is 2.32. The Labute approximate surface area is 120 Å². The van der Waals surface area contributed by atoms with Crippen molar-refractivity contribution in [2.45, 2.75) is 0 Å². The van der Waals surface area contributed by atoms with E-state index in [9.17, 15) is 9.18 Å². The molecule has 1 aromatic heterocycles. The molecule has 1 N–H and O–H groups in total. The van der Waals surface area contributed by atoms with Crippen LogP contribution in [0.4, 0.5) is 4.39 Å². The van der Waals surface area contributed by atoms with E-state index < -0.39 is 11.8 Å². The molecule has 0 saturated heterocycles. The summed E-state index contributed by atoms with van der Waals surface area (Å²) in [5.41, 5.74) is -0.0452. The number of aromatic carboxylic acids is 1. The van der Waals surface area contributed by atoms with Crippen molar-refractivity contribution < 1.29 is 19.0 Å². The summed E-state index contributed by atoms with van der Waals surface area (Å²) in [7, 11) is 0. The molecule has 0 spiro atoms. The van der Waals surface area contributed by atoms with Crippen molar-refractivity contribution in [3.05, 3.63) is 51.3 Å². The maximum atomic E-state index is 13.1. The number of hydrogen-bond acceptors (Lipinski definition) is 3. The van der Waals surface area contributed by atoms with Gasteiger partial charge in [0.1, 0.15) is 16.7 Å². The van der Waals surface area contributed by atoms with Crippen LogP contribution >= 0.6 is 27.5 Å². The minimum atomic E-state index is -1.14. The van der Waals surface area contributed by atoms with Crippen LogP contribution in [0.1, 0.15) is 10.4 Å². The normalized spacial score (nSPS) is 10.3. The van der Waals surface area contributed by atoms with Crippen molar-refractivity contribution in [2.75, 3.05) is 0 Å². The van der Waals surface area contributed by atoms with Gasteiger partial charge in [-0.15, -0.1) is 0 Å². The van der Waals surface area contributed by atoms with E-state index in [0.717, 1.165) is 0 Å². The summed E-state index contributed by atoms with van der Waals surface area (Å²) in [6.07, 6.45) is 0. The maximum absolute atomic E-state index is 13.1. The standard InChI is InChI=1S/C12H6BrClFNO3/c13-8-5-7(1-2-9(8)15)19-11-4-6(12(17)18)3-10(14)16-11/h1-5H,(H,17,18). The van der Waals surface area contributed by atoms with Gasteiger partial charge in [-0.2, -0.15) is 0 Å². The zero-order valence-electron chi connectivity index (χ0n) is 9.23. The van der Waals surface area contributed by atoms with Gasteiger partial charge in [0, 0.05) is 6.07 Å². The molecule has 0 atom stereocenters. The molecule has 2 aromatic rings. The number of carboxylic acid groups (broad SMARTS) is 1. The largest absolute Gasteiger partial charge is 0.478 e. The monoisotopic (exact) mass is 345 g/mol. The Morgan fingerprint density at radius 2 is 2.11 bits per heavy atom. The van der Waals surface area contributed by atoms with Crippen LogP contribution in [-0.2, 0) is 0 Å². The van der Waals surface area contributed by atoms with Gasteiger partial charge in [0.15, 0.2) is 0 Å². The summed E-state index contributed by atoms with van der Waals surface area (Å²) in [6.45, 7) is 0. The predicted octanol–water partition coefficient (Wildman–Crippen LogP) is 4.13. The van der Waals surface area contributed by atoms with Crippen LogP contribution < -0.4 is 4.74 Å². The predicted molar refractivity (Wildman–Crippen MR) is 70.4 cm³/mol. The smallest absolute Gasteiger partial charge is 0.335 e. The fourth-order valence-electron chi connectivity index (χ4n) is 1.31. The Morgan fingerprint density at radius 1 is 1.37 bits per heavy atom. The third kappa shape index (κ3) is 3.42. The average molecular weight is 347 g/mol. The summed E-state index contributed by atoms with van der Waals surface area (Å²) in [5.74, 6) is -1.25. The highest BCUT2D eigenvalue weighted by molar-refractivity contribution is 9.10. The van der Waals surface area contributed by atoms with Gasteiger partial charge in [0.2, 0.25) is 5.88 Å². The molecule has 1 heterocycles. The molecular weight excluding hydrogens is 340 g/mol. The Hall–Kier alpha value is -1.66. The van der Waals surface area contributed by atoms with Gasteiger partial charge in [0.25, 0.3) is 0 Å². The van der Waals surface area contributed by atoms with Crippen LogP contribution in [0.5, 0.6) is 11.6 Å². The molecule has 0 aliphatic rings. The van der Waals surface area contributed by atoms with Crippen molar-refractivity contribution in [1.82, 2.24) is 4.98 Å². The number of halogens is 3. The van der Waals surface area contributed by atoms with Crippen molar-refractivity contribution in [2.24, 2.45) is 0 Å². The van der Waals surface area contributed by atoms with Gasteiger partial charge in [-0.1, -0.05) is 11.6 Å². The van der Waals surface area contributed by atoms with Crippen molar-refractivity contribution in [3.8, 4) is 11.6 Å². The molecule has 0 radical (unpaired) electrons. The second-order valence-corrected chi connectivity index (χ2v) is 4.74. The lowest BCUT2D eigenvalue weighted by Gasteiger charge is -2.06. The number of carbonyl (C=O) groups is 1. The average Bonchev–Trinajstić information content (AvgIpc) is 2.33. The molecular formula is C12H6BrClFNO3. The van der Waals surface area contributed by atoms with Gasteiger partial charge in [-0.3, -0.25) is 0 Å². The summed E-state index contributed by atoms with van der Waals surface area (Å²) in [5, 5.41) is 8.88. The fourth-order valence-corrected chi connectivity index (χ4v) is 1.87. The highest BCUT2D eigenvalue weighted by atomic mass is 79.9. The summed E-state index contributed by atoms with van der Waals surface area (Å²) in [6, 6.07) is 6.44. The molecule has 2 rings (SSSR count). The topological polar surface area (TPSA) is 59.4 Å². The van der Waals surface area contributed by atoms with E-state index in [2.05, 4.69) is 20.9 Å². The van der Waals surface area contributed by atoms with E-state index >= 15 is 0 Å². The third-order valence-corrected chi connectivity index (χ3v) is 2.93. The van der Waals surface area contributed by atoms with Crippen molar-refractivity contribution >= 4 is 33.5 Å². The first-order valence-corrected chi connectivity index (χ1v) is 6.16. The number of ether oxygens (including phenoxy) is 1. The molecule has 0 aliphatic heterocycles. The fraction of sp³-hybridized carbons (Fsp3) is 0. The van der Waals surface area contributed by atoms with E-state index in [0.29, 0.717) is 5.75 Å². The summed E-state index contributed by atoms with van der Waals surface area (Å²) in [4.78, 5) is 14.7. The van der Waals surface area contributed by atoms with Crippen LogP contribution in [0, 0.1) is 5.82 Å². The lowest BCUT2D eigenvalue weighted by molar-refractivity contribution is 0.0696. The molecule has 98 valence electrons. The minimum Gasteiger partial charge on any atom is -0.478 e. The first-order valence-electron chi connectivity index (χ1n) is 4.99. The van der Waals surface area contributed by atoms with E-state index in [-0.39, 0.29) is 21.1 Å². The van der Waals surface area contributed by atoms with Gasteiger partial charge in [-0.25, -0.2) is 14.2 Å². The van der Waals surface area contributed by atoms with E-state index in [4.69, 9.17) is 21.4 Å². The first kappa shape index (κ1) is 13.8. The zero-order valence-corrected chi connectivity index (χ0v) is 11.6. The number of pyridine rings is 1. The highest BCUT2D eigenvalue weighted by Crippen LogP contribution is 2.26. The van der Waals surface area contributed by atoms with Gasteiger partial charge < -0.3 is 9.84 Å². The number of benzene rings is 1. The van der Waals surface area contributed by atoms with Crippen molar-refractivity contribution in [1.29, 1.82) is 0 Å². The Kier molecular flexibility index (Phi) is 4.01. The van der Waals surface area contributed by atoms with Crippen LogP contribution in [0.15, 0.2) is 34.8 Å². The van der Waals surface area contributed by atoms with Crippen LogP contribution in [0.25, 0.3) is 0 Å². The summed E-state index contributed by atoms with van der Waals surface area (Å²) < 4.78 is 18.6. The molecule has 0 unspecified atom stereocenters. The molecule has 0 saturated carbocycles. The molecule has 0 aliphatic carbocycles.